The van der Waals surface area contributed by atoms with Crippen LogP contribution in [0.25, 0.3) is 0 Å². The maximum absolute atomic E-state index is 11.2. The summed E-state index contributed by atoms with van der Waals surface area (Å²) in [6.45, 7) is 2.01. The standard InChI is InChI=1S/C17H18O2/c1-2-14-17(19)15-12-10-8-6-4-3-5-7-9-11-13-16-18/h4,6,8,10-11,13,16H,2,12,14-15H2,1H3/b6-4+,10-8+,13-11+. The van der Waals surface area contributed by atoms with Crippen molar-refractivity contribution in [2.24, 2.45) is 0 Å². The fourth-order valence-corrected chi connectivity index (χ4v) is 1.17. The van der Waals surface area contributed by atoms with Gasteiger partial charge in [-0.25, -0.2) is 0 Å². The second-order valence-corrected chi connectivity index (χ2v) is 3.65. The molecule has 0 saturated heterocycles. The highest BCUT2D eigenvalue weighted by atomic mass is 16.1. The molecule has 0 N–H and O–H groups in total. The molecule has 0 aliphatic rings. The number of aldehydes is 1. The van der Waals surface area contributed by atoms with E-state index in [1.807, 2.05) is 19.1 Å². The molecule has 2 heteroatoms. The highest BCUT2D eigenvalue weighted by Crippen LogP contribution is 1.98. The van der Waals surface area contributed by atoms with Crippen LogP contribution in [0.1, 0.15) is 32.6 Å². The first-order valence-electron chi connectivity index (χ1n) is 6.26. The van der Waals surface area contributed by atoms with Crippen molar-refractivity contribution in [2.75, 3.05) is 0 Å². The second kappa shape index (κ2) is 13.7. The van der Waals surface area contributed by atoms with Crippen LogP contribution in [0, 0.1) is 23.7 Å². The predicted molar refractivity (Wildman–Crippen MR) is 78.2 cm³/mol. The summed E-state index contributed by atoms with van der Waals surface area (Å²) < 4.78 is 0. The van der Waals surface area contributed by atoms with Crippen molar-refractivity contribution in [3.8, 4) is 23.7 Å². The molecule has 0 rings (SSSR count). The van der Waals surface area contributed by atoms with Crippen LogP contribution in [-0.4, -0.2) is 12.1 Å². The average molecular weight is 254 g/mol. The summed E-state index contributed by atoms with van der Waals surface area (Å²) in [6.07, 6.45) is 13.7. The van der Waals surface area contributed by atoms with Gasteiger partial charge in [0.05, 0.1) is 0 Å². The van der Waals surface area contributed by atoms with Crippen LogP contribution in [0.2, 0.25) is 0 Å². The van der Waals surface area contributed by atoms with Crippen LogP contribution >= 0.6 is 0 Å². The molecule has 0 aromatic rings. The second-order valence-electron chi connectivity index (χ2n) is 3.65. The van der Waals surface area contributed by atoms with Crippen molar-refractivity contribution in [3.63, 3.8) is 0 Å². The van der Waals surface area contributed by atoms with E-state index in [1.165, 1.54) is 12.2 Å². The molecule has 0 aliphatic heterocycles. The van der Waals surface area contributed by atoms with Gasteiger partial charge in [-0.15, -0.1) is 0 Å². The highest BCUT2D eigenvalue weighted by molar-refractivity contribution is 5.78. The molecule has 0 heterocycles. The van der Waals surface area contributed by atoms with Gasteiger partial charge in [0.1, 0.15) is 12.1 Å². The van der Waals surface area contributed by atoms with Gasteiger partial charge >= 0.3 is 0 Å². The molecule has 0 aliphatic carbocycles. The lowest BCUT2D eigenvalue weighted by atomic mass is 10.1. The fourth-order valence-electron chi connectivity index (χ4n) is 1.17. The summed E-state index contributed by atoms with van der Waals surface area (Å²) >= 11 is 0. The van der Waals surface area contributed by atoms with Gasteiger partial charge in [-0.3, -0.25) is 9.59 Å². The molecule has 0 amide bonds. The van der Waals surface area contributed by atoms with Crippen molar-refractivity contribution < 1.29 is 9.59 Å². The third-order valence-corrected chi connectivity index (χ3v) is 2.01. The van der Waals surface area contributed by atoms with E-state index >= 15 is 0 Å². The van der Waals surface area contributed by atoms with E-state index in [0.29, 0.717) is 24.9 Å². The number of hydrogen-bond donors (Lipinski definition) is 0. The molecule has 0 bridgehead atoms. The summed E-state index contributed by atoms with van der Waals surface area (Å²) in [5.74, 6) is 10.8. The molecule has 2 nitrogen and oxygen atoms in total. The average Bonchev–Trinajstić information content (AvgIpc) is 2.40. The maximum atomic E-state index is 11.2. The largest absolute Gasteiger partial charge is 0.300 e. The Balaban J connectivity index is 3.81. The number of ketones is 1. The van der Waals surface area contributed by atoms with Gasteiger partial charge in [0.2, 0.25) is 0 Å². The van der Waals surface area contributed by atoms with Gasteiger partial charge in [-0.1, -0.05) is 37.0 Å². The molecule has 0 aromatic carbocycles. The van der Waals surface area contributed by atoms with Crippen LogP contribution in [0.5, 0.6) is 0 Å². The van der Waals surface area contributed by atoms with Gasteiger partial charge in [-0.05, 0) is 42.9 Å². The molecular weight excluding hydrogens is 236 g/mol. The van der Waals surface area contributed by atoms with E-state index < -0.39 is 0 Å². The van der Waals surface area contributed by atoms with E-state index in [2.05, 4.69) is 23.7 Å². The van der Waals surface area contributed by atoms with Crippen LogP contribution in [0.15, 0.2) is 36.5 Å². The Bertz CT molecular complexity index is 471. The van der Waals surface area contributed by atoms with Crippen molar-refractivity contribution in [3.05, 3.63) is 36.5 Å². The number of carbonyl (C=O) groups is 2. The molecular formula is C17H18O2. The minimum atomic E-state index is 0.314. The van der Waals surface area contributed by atoms with E-state index in [-0.39, 0.29) is 0 Å². The Morgan fingerprint density at radius 2 is 1.68 bits per heavy atom. The topological polar surface area (TPSA) is 34.1 Å². The smallest absolute Gasteiger partial charge is 0.143 e. The molecule has 0 unspecified atom stereocenters. The minimum Gasteiger partial charge on any atom is -0.300 e. The summed E-state index contributed by atoms with van der Waals surface area (Å²) in [5, 5.41) is 0. The summed E-state index contributed by atoms with van der Waals surface area (Å²) in [4.78, 5) is 21.1. The highest BCUT2D eigenvalue weighted by Gasteiger charge is 1.96. The van der Waals surface area contributed by atoms with E-state index in [0.717, 1.165) is 12.8 Å². The third-order valence-electron chi connectivity index (χ3n) is 2.01. The molecule has 0 aromatic heterocycles. The lowest BCUT2D eigenvalue weighted by Crippen LogP contribution is -1.94. The Hall–Kier alpha value is -2.32. The molecule has 0 radical (unpaired) electrons. The van der Waals surface area contributed by atoms with Crippen molar-refractivity contribution in [1.82, 2.24) is 0 Å². The number of rotatable bonds is 7. The quantitative estimate of drug-likeness (QED) is 0.303. The van der Waals surface area contributed by atoms with Gasteiger partial charge in [-0.2, -0.15) is 0 Å². The van der Waals surface area contributed by atoms with Crippen LogP contribution in [-0.2, 0) is 9.59 Å². The normalized spacial score (nSPS) is 10.2. The zero-order valence-electron chi connectivity index (χ0n) is 11.2. The number of carbonyl (C=O) groups excluding carboxylic acids is 2. The first-order chi connectivity index (χ1) is 9.31. The van der Waals surface area contributed by atoms with E-state index in [9.17, 15) is 9.59 Å². The van der Waals surface area contributed by atoms with Gasteiger partial charge in [0, 0.05) is 12.8 Å². The monoisotopic (exact) mass is 254 g/mol. The molecule has 19 heavy (non-hydrogen) atoms. The Morgan fingerprint density at radius 1 is 1.00 bits per heavy atom. The first-order valence-corrected chi connectivity index (χ1v) is 6.26. The molecule has 98 valence electrons. The van der Waals surface area contributed by atoms with Gasteiger partial charge in [0.25, 0.3) is 0 Å². The molecule has 0 atom stereocenters. The SMILES string of the molecule is CCCC(=O)CC/C=C/C=C/C#CC#C/C=C/C=O. The Labute approximate surface area is 115 Å². The number of allylic oxidation sites excluding steroid dienone is 6. The zero-order chi connectivity index (χ0) is 14.2. The minimum absolute atomic E-state index is 0.314. The lowest BCUT2D eigenvalue weighted by molar-refractivity contribution is -0.119. The van der Waals surface area contributed by atoms with Gasteiger partial charge in [0.15, 0.2) is 0 Å². The predicted octanol–water partition coefficient (Wildman–Crippen LogP) is 3.01. The molecule has 0 saturated carbocycles. The summed E-state index contributed by atoms with van der Waals surface area (Å²) in [7, 11) is 0. The summed E-state index contributed by atoms with van der Waals surface area (Å²) in [6, 6.07) is 0. The van der Waals surface area contributed by atoms with E-state index in [1.54, 1.807) is 12.2 Å². The van der Waals surface area contributed by atoms with Crippen molar-refractivity contribution in [1.29, 1.82) is 0 Å². The Kier molecular flexibility index (Phi) is 12.1. The van der Waals surface area contributed by atoms with Gasteiger partial charge < -0.3 is 0 Å². The van der Waals surface area contributed by atoms with Crippen LogP contribution < -0.4 is 0 Å². The zero-order valence-corrected chi connectivity index (χ0v) is 11.2. The van der Waals surface area contributed by atoms with Crippen LogP contribution in [0.3, 0.4) is 0 Å². The van der Waals surface area contributed by atoms with Crippen molar-refractivity contribution >= 4 is 12.1 Å². The number of hydrogen-bond acceptors (Lipinski definition) is 2. The van der Waals surface area contributed by atoms with Crippen molar-refractivity contribution in [2.45, 2.75) is 32.6 Å². The molecule has 0 spiro atoms. The van der Waals surface area contributed by atoms with Crippen LogP contribution in [0.4, 0.5) is 0 Å². The lowest BCUT2D eigenvalue weighted by Gasteiger charge is -1.93. The Morgan fingerprint density at radius 3 is 2.32 bits per heavy atom. The summed E-state index contributed by atoms with van der Waals surface area (Å²) in [5.41, 5.74) is 0. The molecule has 0 fully saturated rings. The van der Waals surface area contributed by atoms with E-state index in [4.69, 9.17) is 0 Å². The number of Topliss-reactive ketones (excluding diaryl/α,β-unsaturated/α-hetero) is 1. The first kappa shape index (κ1) is 16.7. The third kappa shape index (κ3) is 13.6. The maximum Gasteiger partial charge on any atom is 0.143 e. The fraction of sp³-hybridized carbons (Fsp3) is 0.294.